The van der Waals surface area contributed by atoms with Gasteiger partial charge in [-0.05, 0) is 19.0 Å². The van der Waals surface area contributed by atoms with Gasteiger partial charge in [0.1, 0.15) is 0 Å². The molecule has 0 rings (SSSR count). The molecule has 0 amide bonds. The van der Waals surface area contributed by atoms with Crippen molar-refractivity contribution in [3.05, 3.63) is 24.6 Å². The molecular weight excluding hydrogens is 150 g/mol. The first kappa shape index (κ1) is 10.7. The van der Waals surface area contributed by atoms with Gasteiger partial charge in [-0.25, -0.2) is 0 Å². The minimum atomic E-state index is -1.50. The van der Waals surface area contributed by atoms with E-state index >= 15 is 0 Å². The maximum atomic E-state index is 3.82. The Morgan fingerprint density at radius 2 is 1.91 bits per heavy atom. The fourth-order valence-corrected chi connectivity index (χ4v) is 2.50. The Balaban J connectivity index is 4.06. The Kier molecular flexibility index (Phi) is 4.38. The van der Waals surface area contributed by atoms with Gasteiger partial charge in [0.15, 0.2) is 8.24 Å². The van der Waals surface area contributed by atoms with E-state index in [1.54, 1.807) is 0 Å². The lowest BCUT2D eigenvalue weighted by Crippen LogP contribution is -2.48. The van der Waals surface area contributed by atoms with Crippen LogP contribution in [0.4, 0.5) is 0 Å². The maximum Gasteiger partial charge on any atom is 0.171 e. The van der Waals surface area contributed by atoms with Gasteiger partial charge < -0.3 is 4.98 Å². The summed E-state index contributed by atoms with van der Waals surface area (Å²) in [6, 6.07) is 0.572. The van der Waals surface area contributed by atoms with Gasteiger partial charge in [-0.3, -0.25) is 0 Å². The van der Waals surface area contributed by atoms with Gasteiger partial charge in [-0.1, -0.05) is 25.2 Å². The van der Waals surface area contributed by atoms with Crippen molar-refractivity contribution in [3.8, 4) is 0 Å². The normalized spacial score (nSPS) is 14.1. The van der Waals surface area contributed by atoms with Crippen molar-refractivity contribution in [2.75, 3.05) is 0 Å². The molecule has 0 spiro atoms. The molecular formula is C9H19NSi. The standard InChI is InChI=1S/C9H19NSi/c1-6-9(4)10-11(5,7-2)8-3/h7-10H,2-3,6H2,1,4-5H3. The fourth-order valence-electron chi connectivity index (χ4n) is 0.834. The van der Waals surface area contributed by atoms with Gasteiger partial charge in [-0.2, -0.15) is 0 Å². The van der Waals surface area contributed by atoms with Gasteiger partial charge in [0, 0.05) is 0 Å². The summed E-state index contributed by atoms with van der Waals surface area (Å²) < 4.78 is 0. The third-order valence-corrected chi connectivity index (χ3v) is 4.83. The molecule has 0 aromatic carbocycles. The van der Waals surface area contributed by atoms with E-state index in [0.717, 1.165) is 6.42 Å². The number of hydrogen-bond acceptors (Lipinski definition) is 1. The Hall–Kier alpha value is -0.343. The molecule has 0 aliphatic carbocycles. The molecule has 0 fully saturated rings. The largest absolute Gasteiger partial charge is 0.329 e. The lowest BCUT2D eigenvalue weighted by molar-refractivity contribution is 0.647. The predicted molar refractivity (Wildman–Crippen MR) is 54.9 cm³/mol. The summed E-state index contributed by atoms with van der Waals surface area (Å²) >= 11 is 0. The topological polar surface area (TPSA) is 12.0 Å². The van der Waals surface area contributed by atoms with Crippen LogP contribution in [0.3, 0.4) is 0 Å². The van der Waals surface area contributed by atoms with Crippen molar-refractivity contribution >= 4 is 8.24 Å². The average molecular weight is 169 g/mol. The Bertz CT molecular complexity index is 134. The monoisotopic (exact) mass is 169 g/mol. The predicted octanol–water partition coefficient (Wildman–Crippen LogP) is 2.40. The molecule has 0 aromatic heterocycles. The summed E-state index contributed by atoms with van der Waals surface area (Å²) in [6.45, 7) is 14.2. The number of hydrogen-bond donors (Lipinski definition) is 1. The third-order valence-electron chi connectivity index (χ3n) is 2.02. The zero-order chi connectivity index (χ0) is 8.91. The van der Waals surface area contributed by atoms with Crippen LogP contribution >= 0.6 is 0 Å². The molecule has 1 atom stereocenters. The van der Waals surface area contributed by atoms with Crippen molar-refractivity contribution in [3.63, 3.8) is 0 Å². The van der Waals surface area contributed by atoms with E-state index in [4.69, 9.17) is 0 Å². The summed E-state index contributed by atoms with van der Waals surface area (Å²) in [4.78, 5) is 3.55. The van der Waals surface area contributed by atoms with Crippen LogP contribution in [0.15, 0.2) is 24.6 Å². The SMILES string of the molecule is C=C[Si](C)(C=C)NC(C)CC. The molecule has 1 N–H and O–H groups in total. The van der Waals surface area contributed by atoms with E-state index in [9.17, 15) is 0 Å². The molecule has 0 bridgehead atoms. The van der Waals surface area contributed by atoms with E-state index in [-0.39, 0.29) is 0 Å². The Morgan fingerprint density at radius 3 is 2.18 bits per heavy atom. The van der Waals surface area contributed by atoms with E-state index in [1.807, 2.05) is 11.4 Å². The van der Waals surface area contributed by atoms with Crippen molar-refractivity contribution in [1.82, 2.24) is 4.98 Å². The molecule has 1 unspecified atom stereocenters. The molecule has 0 aliphatic rings. The van der Waals surface area contributed by atoms with E-state index in [2.05, 4.69) is 38.5 Å². The molecule has 0 aliphatic heterocycles. The quantitative estimate of drug-likeness (QED) is 0.623. The minimum Gasteiger partial charge on any atom is -0.329 e. The molecule has 0 heterocycles. The van der Waals surface area contributed by atoms with Crippen LogP contribution in [0, 0.1) is 0 Å². The first-order valence-electron chi connectivity index (χ1n) is 4.13. The molecule has 0 aromatic rings. The molecule has 2 heteroatoms. The average Bonchev–Trinajstić information content (AvgIpc) is 2.04. The number of nitrogens with one attached hydrogen (secondary N) is 1. The van der Waals surface area contributed by atoms with E-state index < -0.39 is 8.24 Å². The van der Waals surface area contributed by atoms with E-state index in [0.29, 0.717) is 6.04 Å². The molecule has 0 saturated carbocycles. The molecule has 64 valence electrons. The van der Waals surface area contributed by atoms with Crippen LogP contribution < -0.4 is 4.98 Å². The first-order chi connectivity index (χ1) is 5.08. The highest BCUT2D eigenvalue weighted by Gasteiger charge is 2.19. The summed E-state index contributed by atoms with van der Waals surface area (Å²) in [7, 11) is -1.50. The fraction of sp³-hybridized carbons (Fsp3) is 0.556. The first-order valence-corrected chi connectivity index (χ1v) is 6.78. The van der Waals surface area contributed by atoms with Crippen molar-refractivity contribution < 1.29 is 0 Å². The van der Waals surface area contributed by atoms with Gasteiger partial charge in [0.05, 0.1) is 0 Å². The highest BCUT2D eigenvalue weighted by molar-refractivity contribution is 6.85. The van der Waals surface area contributed by atoms with Crippen molar-refractivity contribution in [2.24, 2.45) is 0 Å². The second-order valence-corrected chi connectivity index (χ2v) is 6.82. The zero-order valence-corrected chi connectivity index (χ0v) is 8.85. The molecule has 11 heavy (non-hydrogen) atoms. The van der Waals surface area contributed by atoms with Crippen LogP contribution in [0.2, 0.25) is 6.55 Å². The molecule has 0 saturated heterocycles. The van der Waals surface area contributed by atoms with Crippen LogP contribution in [-0.2, 0) is 0 Å². The van der Waals surface area contributed by atoms with Gasteiger partial charge >= 0.3 is 0 Å². The molecule has 0 radical (unpaired) electrons. The lowest BCUT2D eigenvalue weighted by atomic mass is 10.3. The van der Waals surface area contributed by atoms with Crippen LogP contribution in [0.5, 0.6) is 0 Å². The smallest absolute Gasteiger partial charge is 0.171 e. The van der Waals surface area contributed by atoms with Crippen LogP contribution in [0.1, 0.15) is 20.3 Å². The maximum absolute atomic E-state index is 3.82. The summed E-state index contributed by atoms with van der Waals surface area (Å²) in [5, 5.41) is 0. The lowest BCUT2D eigenvalue weighted by Gasteiger charge is -2.24. The Morgan fingerprint density at radius 1 is 1.45 bits per heavy atom. The minimum absolute atomic E-state index is 0.572. The Labute approximate surface area is 71.3 Å². The van der Waals surface area contributed by atoms with Gasteiger partial charge in [-0.15, -0.1) is 13.2 Å². The van der Waals surface area contributed by atoms with Crippen molar-refractivity contribution in [2.45, 2.75) is 32.9 Å². The van der Waals surface area contributed by atoms with Crippen LogP contribution in [-0.4, -0.2) is 14.3 Å². The third kappa shape index (κ3) is 3.53. The van der Waals surface area contributed by atoms with Gasteiger partial charge in [0.2, 0.25) is 0 Å². The summed E-state index contributed by atoms with van der Waals surface area (Å²) in [5.74, 6) is 0. The summed E-state index contributed by atoms with van der Waals surface area (Å²) in [5.41, 5.74) is 4.04. The summed E-state index contributed by atoms with van der Waals surface area (Å²) in [6.07, 6.45) is 1.16. The highest BCUT2D eigenvalue weighted by atomic mass is 28.3. The zero-order valence-electron chi connectivity index (χ0n) is 7.85. The van der Waals surface area contributed by atoms with Crippen molar-refractivity contribution in [1.29, 1.82) is 0 Å². The number of rotatable bonds is 5. The second kappa shape index (κ2) is 4.52. The second-order valence-electron chi connectivity index (χ2n) is 3.14. The van der Waals surface area contributed by atoms with Crippen LogP contribution in [0.25, 0.3) is 0 Å². The molecule has 1 nitrogen and oxygen atoms in total. The highest BCUT2D eigenvalue weighted by Crippen LogP contribution is 2.03. The van der Waals surface area contributed by atoms with E-state index in [1.165, 1.54) is 0 Å². The van der Waals surface area contributed by atoms with Gasteiger partial charge in [0.25, 0.3) is 0 Å².